The van der Waals surface area contributed by atoms with Gasteiger partial charge in [-0.3, -0.25) is 0 Å². The molecule has 3 aromatic rings. The lowest BCUT2D eigenvalue weighted by Crippen LogP contribution is -2.83. The van der Waals surface area contributed by atoms with Gasteiger partial charge in [-0.25, -0.2) is 0 Å². The highest BCUT2D eigenvalue weighted by atomic mass is 32.2. The van der Waals surface area contributed by atoms with E-state index in [9.17, 15) is 0 Å². The molecule has 0 aliphatic rings. The van der Waals surface area contributed by atoms with Crippen LogP contribution in [0.25, 0.3) is 5.69 Å². The van der Waals surface area contributed by atoms with Crippen LogP contribution in [0.4, 0.5) is 0 Å². The normalized spacial score (nSPS) is 10.9. The summed E-state index contributed by atoms with van der Waals surface area (Å²) >= 11 is 1.65. The molecule has 21 heavy (non-hydrogen) atoms. The molecule has 7 heteroatoms. The predicted octanol–water partition coefficient (Wildman–Crippen LogP) is 1.11. The zero-order valence-corrected chi connectivity index (χ0v) is 12.2. The zero-order chi connectivity index (χ0) is 14.3. The van der Waals surface area contributed by atoms with Crippen molar-refractivity contribution in [3.63, 3.8) is 0 Å². The van der Waals surface area contributed by atoms with Crippen molar-refractivity contribution in [2.45, 2.75) is 11.7 Å². The average Bonchev–Trinajstić information content (AvgIpc) is 3.19. The summed E-state index contributed by atoms with van der Waals surface area (Å²) in [7, 11) is 0. The van der Waals surface area contributed by atoms with E-state index in [4.69, 9.17) is 4.42 Å². The molecule has 0 saturated heterocycles. The monoisotopic (exact) mass is 302 g/mol. The van der Waals surface area contributed by atoms with Crippen molar-refractivity contribution in [3.8, 4) is 5.69 Å². The Morgan fingerprint density at radius 1 is 1.14 bits per heavy atom. The van der Waals surface area contributed by atoms with E-state index in [1.807, 2.05) is 42.5 Å². The summed E-state index contributed by atoms with van der Waals surface area (Å²) < 4.78 is 7.05. The van der Waals surface area contributed by atoms with Crippen LogP contribution in [0, 0.1) is 0 Å². The summed E-state index contributed by atoms with van der Waals surface area (Å²) in [6, 6.07) is 13.8. The number of hydrogen-bond acceptors (Lipinski definition) is 5. The van der Waals surface area contributed by atoms with Gasteiger partial charge in [-0.15, -0.1) is 5.10 Å². The maximum atomic E-state index is 5.29. The van der Waals surface area contributed by atoms with Crippen LogP contribution >= 0.6 is 11.8 Å². The third-order valence-corrected chi connectivity index (χ3v) is 3.87. The van der Waals surface area contributed by atoms with Crippen molar-refractivity contribution in [3.05, 3.63) is 54.5 Å². The highest BCUT2D eigenvalue weighted by Gasteiger charge is 2.08. The Morgan fingerprint density at radius 3 is 2.86 bits per heavy atom. The van der Waals surface area contributed by atoms with Gasteiger partial charge in [0.15, 0.2) is 5.76 Å². The van der Waals surface area contributed by atoms with Crippen LogP contribution in [-0.4, -0.2) is 32.5 Å². The number of furan rings is 1. The predicted molar refractivity (Wildman–Crippen MR) is 79.1 cm³/mol. The maximum Gasteiger partial charge on any atom is 0.214 e. The Kier molecular flexibility index (Phi) is 4.65. The van der Waals surface area contributed by atoms with Crippen LogP contribution in [0.1, 0.15) is 5.76 Å². The molecule has 0 spiro atoms. The second kappa shape index (κ2) is 7.05. The third-order valence-electron chi connectivity index (χ3n) is 2.92. The number of quaternary nitrogens is 1. The van der Waals surface area contributed by atoms with Crippen LogP contribution < -0.4 is 5.32 Å². The summed E-state index contributed by atoms with van der Waals surface area (Å²) in [4.78, 5) is 0. The van der Waals surface area contributed by atoms with E-state index >= 15 is 0 Å². The molecule has 2 heterocycles. The van der Waals surface area contributed by atoms with Crippen LogP contribution in [0.15, 0.2) is 58.3 Å². The molecular formula is C14H16N5OS+. The van der Waals surface area contributed by atoms with E-state index in [-0.39, 0.29) is 0 Å². The van der Waals surface area contributed by atoms with Crippen molar-refractivity contribution < 1.29 is 9.73 Å². The lowest BCUT2D eigenvalue weighted by atomic mass is 10.3. The highest BCUT2D eigenvalue weighted by molar-refractivity contribution is 7.99. The van der Waals surface area contributed by atoms with Gasteiger partial charge in [-0.1, -0.05) is 30.0 Å². The van der Waals surface area contributed by atoms with Gasteiger partial charge in [0.25, 0.3) is 0 Å². The molecule has 1 aromatic carbocycles. The number of thioether (sulfide) groups is 1. The van der Waals surface area contributed by atoms with E-state index in [2.05, 4.69) is 20.8 Å². The van der Waals surface area contributed by atoms with Gasteiger partial charge >= 0.3 is 0 Å². The van der Waals surface area contributed by atoms with E-state index in [0.29, 0.717) is 0 Å². The largest absolute Gasteiger partial charge is 0.463 e. The molecule has 0 aliphatic carbocycles. The summed E-state index contributed by atoms with van der Waals surface area (Å²) in [5.74, 6) is 1.93. The molecule has 0 radical (unpaired) electrons. The smallest absolute Gasteiger partial charge is 0.214 e. The van der Waals surface area contributed by atoms with Crippen molar-refractivity contribution >= 4 is 11.8 Å². The first-order chi connectivity index (χ1) is 10.4. The minimum atomic E-state index is 0.813. The van der Waals surface area contributed by atoms with E-state index in [1.54, 1.807) is 22.7 Å². The topological polar surface area (TPSA) is 73.3 Å². The lowest BCUT2D eigenvalue weighted by molar-refractivity contribution is -0.668. The minimum absolute atomic E-state index is 0.813. The molecule has 0 saturated carbocycles. The van der Waals surface area contributed by atoms with Gasteiger partial charge in [-0.2, -0.15) is 4.68 Å². The van der Waals surface area contributed by atoms with Gasteiger partial charge in [0, 0.05) is 0 Å². The molecule has 2 N–H and O–H groups in total. The zero-order valence-electron chi connectivity index (χ0n) is 11.4. The first-order valence-corrected chi connectivity index (χ1v) is 7.73. The fourth-order valence-corrected chi connectivity index (χ4v) is 2.73. The molecule has 108 valence electrons. The number of aromatic nitrogens is 4. The standard InChI is InChI=1S/C14H15N5OS/c1-2-5-12(6-3-1)19-14(16-17-18-19)21-10-8-15-11-13-7-4-9-20-13/h1-7,9,15H,8,10-11H2/p+1. The summed E-state index contributed by atoms with van der Waals surface area (Å²) in [5.41, 5.74) is 0.976. The fourth-order valence-electron chi connectivity index (χ4n) is 1.91. The molecule has 0 aliphatic heterocycles. The number of tetrazole rings is 1. The molecule has 0 amide bonds. The Balaban J connectivity index is 1.49. The lowest BCUT2D eigenvalue weighted by Gasteiger charge is -2.03. The highest BCUT2D eigenvalue weighted by Crippen LogP contribution is 2.16. The maximum absolute atomic E-state index is 5.29. The summed E-state index contributed by atoms with van der Waals surface area (Å²) in [6.07, 6.45) is 1.70. The van der Waals surface area contributed by atoms with Gasteiger partial charge in [0.05, 0.1) is 24.2 Å². The fraction of sp³-hybridized carbons (Fsp3) is 0.214. The first kappa shape index (κ1) is 13.8. The third kappa shape index (κ3) is 3.71. The Hall–Kier alpha value is -2.12. The second-order valence-corrected chi connectivity index (χ2v) is 5.48. The van der Waals surface area contributed by atoms with Gasteiger partial charge in [-0.05, 0) is 34.7 Å². The van der Waals surface area contributed by atoms with Crippen molar-refractivity contribution in [1.29, 1.82) is 0 Å². The quantitative estimate of drug-likeness (QED) is 0.523. The van der Waals surface area contributed by atoms with Crippen molar-refractivity contribution in [2.24, 2.45) is 0 Å². The Bertz CT molecular complexity index is 653. The molecule has 3 rings (SSSR count). The summed E-state index contributed by atoms with van der Waals surface area (Å²) in [6.45, 7) is 1.84. The van der Waals surface area contributed by atoms with Crippen molar-refractivity contribution in [1.82, 2.24) is 20.2 Å². The first-order valence-electron chi connectivity index (χ1n) is 6.74. The van der Waals surface area contributed by atoms with E-state index in [1.165, 1.54) is 0 Å². The molecule has 6 nitrogen and oxygen atoms in total. The van der Waals surface area contributed by atoms with Gasteiger partial charge in [0.2, 0.25) is 5.16 Å². The number of nitrogens with two attached hydrogens (primary N) is 1. The molecule has 0 atom stereocenters. The van der Waals surface area contributed by atoms with Crippen LogP contribution in [0.2, 0.25) is 0 Å². The Morgan fingerprint density at radius 2 is 2.05 bits per heavy atom. The average molecular weight is 302 g/mol. The SMILES string of the molecule is c1ccc(-n2nnnc2SCC[NH2+]Cc2ccco2)cc1. The summed E-state index contributed by atoms with van der Waals surface area (Å²) in [5, 5.41) is 14.9. The van der Waals surface area contributed by atoms with Crippen LogP contribution in [-0.2, 0) is 6.54 Å². The second-order valence-electron chi connectivity index (χ2n) is 4.42. The van der Waals surface area contributed by atoms with Gasteiger partial charge < -0.3 is 9.73 Å². The van der Waals surface area contributed by atoms with E-state index in [0.717, 1.165) is 35.4 Å². The molecule has 0 unspecified atom stereocenters. The minimum Gasteiger partial charge on any atom is -0.463 e. The van der Waals surface area contributed by atoms with Crippen molar-refractivity contribution in [2.75, 3.05) is 12.3 Å². The molecule has 0 fully saturated rings. The molecular weight excluding hydrogens is 286 g/mol. The number of nitrogens with zero attached hydrogens (tertiary/aromatic N) is 4. The molecule has 2 aromatic heterocycles. The number of para-hydroxylation sites is 1. The number of rotatable bonds is 7. The number of benzene rings is 1. The molecule has 0 bridgehead atoms. The van der Waals surface area contributed by atoms with Crippen LogP contribution in [0.3, 0.4) is 0 Å². The van der Waals surface area contributed by atoms with Crippen LogP contribution in [0.5, 0.6) is 0 Å². The Labute approximate surface area is 126 Å². The van der Waals surface area contributed by atoms with E-state index < -0.39 is 0 Å². The van der Waals surface area contributed by atoms with Gasteiger partial charge in [0.1, 0.15) is 6.54 Å². The number of hydrogen-bond donors (Lipinski definition) is 1.